The largest absolute Gasteiger partial charge is 0.416 e. The molecule has 0 radical (unpaired) electrons. The Morgan fingerprint density at radius 1 is 1.28 bits per heavy atom. The summed E-state index contributed by atoms with van der Waals surface area (Å²) in [7, 11) is 0. The molecule has 1 amide bonds. The Morgan fingerprint density at radius 3 is 2.80 bits per heavy atom. The number of nitrogens with one attached hydrogen (secondary N) is 1. The second-order valence-corrected chi connectivity index (χ2v) is 6.82. The Kier molecular flexibility index (Phi) is 5.34. The Hall–Kier alpha value is -1.60. The first-order valence-corrected chi connectivity index (χ1v) is 8.73. The second-order valence-electron chi connectivity index (χ2n) is 6.82. The molecule has 0 saturated carbocycles. The van der Waals surface area contributed by atoms with Gasteiger partial charge in [0.2, 0.25) is 5.91 Å². The summed E-state index contributed by atoms with van der Waals surface area (Å²) in [5.74, 6) is 0.00309. The lowest BCUT2D eigenvalue weighted by Gasteiger charge is -2.32. The highest BCUT2D eigenvalue weighted by molar-refractivity contribution is 5.76. The standard InChI is InChI=1S/C18H23F3N2O2/c19-18(20,21)13-5-3-4-12(10-13)16-11-14-15(23(16)8-9-24)6-1-2-7-17(25)22-14/h3-5,10,14-16,24H,1-2,6-9,11H2,(H,22,25)/t14-,15+,16+/m1/s1. The normalized spacial score (nSPS) is 28.2. The molecular weight excluding hydrogens is 333 g/mol. The molecule has 2 N–H and O–H groups in total. The molecular formula is C18H23F3N2O2. The molecule has 138 valence electrons. The summed E-state index contributed by atoms with van der Waals surface area (Å²) in [5.41, 5.74) is -0.0772. The third kappa shape index (κ3) is 3.98. The molecule has 2 aliphatic rings. The van der Waals surface area contributed by atoms with E-state index in [1.54, 1.807) is 6.07 Å². The van der Waals surface area contributed by atoms with Crippen LogP contribution in [0.4, 0.5) is 13.2 Å². The quantitative estimate of drug-likeness (QED) is 0.876. The van der Waals surface area contributed by atoms with Crippen LogP contribution in [0, 0.1) is 0 Å². The molecule has 2 saturated heterocycles. The lowest BCUT2D eigenvalue weighted by Crippen LogP contribution is -2.46. The molecule has 2 fully saturated rings. The average molecular weight is 356 g/mol. The maximum Gasteiger partial charge on any atom is 0.416 e. The Morgan fingerprint density at radius 2 is 2.08 bits per heavy atom. The predicted molar refractivity (Wildman–Crippen MR) is 86.8 cm³/mol. The number of carbonyl (C=O) groups excluding carboxylic acids is 1. The van der Waals surface area contributed by atoms with E-state index in [9.17, 15) is 23.1 Å². The van der Waals surface area contributed by atoms with E-state index in [4.69, 9.17) is 0 Å². The van der Waals surface area contributed by atoms with Crippen molar-refractivity contribution in [3.05, 3.63) is 35.4 Å². The zero-order chi connectivity index (χ0) is 18.0. The number of halogens is 3. The molecule has 2 aliphatic heterocycles. The van der Waals surface area contributed by atoms with Crippen molar-refractivity contribution >= 4 is 5.91 Å². The van der Waals surface area contributed by atoms with Crippen LogP contribution >= 0.6 is 0 Å². The van der Waals surface area contributed by atoms with E-state index >= 15 is 0 Å². The van der Waals surface area contributed by atoms with Gasteiger partial charge in [-0.1, -0.05) is 18.6 Å². The van der Waals surface area contributed by atoms with Gasteiger partial charge in [0, 0.05) is 31.1 Å². The fraction of sp³-hybridized carbons (Fsp3) is 0.611. The Bertz CT molecular complexity index is 621. The fourth-order valence-corrected chi connectivity index (χ4v) is 4.12. The monoisotopic (exact) mass is 356 g/mol. The number of likely N-dealkylation sites (tertiary alicyclic amines) is 1. The molecule has 0 spiro atoms. The van der Waals surface area contributed by atoms with Gasteiger partial charge in [-0.2, -0.15) is 13.2 Å². The van der Waals surface area contributed by atoms with Gasteiger partial charge in [-0.25, -0.2) is 0 Å². The Labute approximate surface area is 145 Å². The third-order valence-electron chi connectivity index (χ3n) is 5.23. The van der Waals surface area contributed by atoms with Crippen LogP contribution in [0.5, 0.6) is 0 Å². The first-order chi connectivity index (χ1) is 11.9. The van der Waals surface area contributed by atoms with Crippen LogP contribution in [-0.4, -0.2) is 41.1 Å². The summed E-state index contributed by atoms with van der Waals surface area (Å²) < 4.78 is 39.1. The molecule has 25 heavy (non-hydrogen) atoms. The SMILES string of the molecule is O=C1CCCC[C@H]2[C@@H](C[C@@H](c3cccc(C(F)(F)F)c3)N2CCO)N1. The molecule has 1 aromatic rings. The van der Waals surface area contributed by atoms with Gasteiger partial charge in [0.1, 0.15) is 0 Å². The van der Waals surface area contributed by atoms with E-state index in [-0.39, 0.29) is 30.6 Å². The summed E-state index contributed by atoms with van der Waals surface area (Å²) >= 11 is 0. The zero-order valence-electron chi connectivity index (χ0n) is 13.9. The number of carbonyl (C=O) groups is 1. The summed E-state index contributed by atoms with van der Waals surface area (Å²) in [6.45, 7) is 0.324. The van der Waals surface area contributed by atoms with Crippen molar-refractivity contribution in [1.29, 1.82) is 0 Å². The van der Waals surface area contributed by atoms with Crippen LogP contribution in [0.3, 0.4) is 0 Å². The van der Waals surface area contributed by atoms with Gasteiger partial charge in [0.05, 0.1) is 12.2 Å². The number of fused-ring (bicyclic) bond motifs is 1. The minimum atomic E-state index is -4.38. The van der Waals surface area contributed by atoms with Gasteiger partial charge in [0.25, 0.3) is 0 Å². The summed E-state index contributed by atoms with van der Waals surface area (Å²) in [4.78, 5) is 14.0. The highest BCUT2D eigenvalue weighted by Gasteiger charge is 2.42. The number of aliphatic hydroxyl groups is 1. The first kappa shape index (κ1) is 18.2. The smallest absolute Gasteiger partial charge is 0.395 e. The molecule has 0 aromatic heterocycles. The van der Waals surface area contributed by atoms with E-state index in [0.29, 0.717) is 24.9 Å². The van der Waals surface area contributed by atoms with Gasteiger partial charge in [0.15, 0.2) is 0 Å². The number of β-amino-alcohol motifs (C(OH)–C–C–N with tert-alkyl or cyclic N) is 1. The van der Waals surface area contributed by atoms with Crippen molar-refractivity contribution in [3.63, 3.8) is 0 Å². The molecule has 0 unspecified atom stereocenters. The number of benzene rings is 1. The maximum atomic E-state index is 13.0. The van der Waals surface area contributed by atoms with Crippen molar-refractivity contribution in [2.45, 2.75) is 56.4 Å². The fourth-order valence-electron chi connectivity index (χ4n) is 4.12. The number of aliphatic hydroxyl groups excluding tert-OH is 1. The number of amides is 1. The van der Waals surface area contributed by atoms with Gasteiger partial charge < -0.3 is 10.4 Å². The summed E-state index contributed by atoms with van der Waals surface area (Å²) in [6.07, 6.45) is -0.718. The number of hydrogen-bond acceptors (Lipinski definition) is 3. The van der Waals surface area contributed by atoms with Crippen LogP contribution in [0.1, 0.15) is 49.3 Å². The highest BCUT2D eigenvalue weighted by atomic mass is 19.4. The van der Waals surface area contributed by atoms with Crippen molar-refractivity contribution < 1.29 is 23.1 Å². The van der Waals surface area contributed by atoms with Gasteiger partial charge >= 0.3 is 6.18 Å². The summed E-state index contributed by atoms with van der Waals surface area (Å²) in [6, 6.07) is 5.12. The van der Waals surface area contributed by atoms with Crippen LogP contribution in [0.2, 0.25) is 0 Å². The molecule has 2 heterocycles. The minimum absolute atomic E-state index is 0.00309. The minimum Gasteiger partial charge on any atom is -0.395 e. The average Bonchev–Trinajstić information content (AvgIpc) is 2.86. The van der Waals surface area contributed by atoms with Crippen LogP contribution in [0.15, 0.2) is 24.3 Å². The van der Waals surface area contributed by atoms with Crippen molar-refractivity contribution in [2.75, 3.05) is 13.2 Å². The van der Waals surface area contributed by atoms with Gasteiger partial charge in [-0.3, -0.25) is 9.69 Å². The van der Waals surface area contributed by atoms with Crippen LogP contribution < -0.4 is 5.32 Å². The molecule has 0 bridgehead atoms. The third-order valence-corrected chi connectivity index (χ3v) is 5.23. The Balaban J connectivity index is 1.90. The van der Waals surface area contributed by atoms with Crippen molar-refractivity contribution in [2.24, 2.45) is 0 Å². The van der Waals surface area contributed by atoms with E-state index in [1.165, 1.54) is 12.1 Å². The molecule has 1 aromatic carbocycles. The molecule has 3 rings (SSSR count). The van der Waals surface area contributed by atoms with E-state index < -0.39 is 11.7 Å². The molecule has 0 aliphatic carbocycles. The maximum absolute atomic E-state index is 13.0. The zero-order valence-corrected chi connectivity index (χ0v) is 13.9. The van der Waals surface area contributed by atoms with Crippen LogP contribution in [-0.2, 0) is 11.0 Å². The van der Waals surface area contributed by atoms with E-state index in [1.807, 2.05) is 0 Å². The van der Waals surface area contributed by atoms with Gasteiger partial charge in [-0.15, -0.1) is 0 Å². The molecule has 7 heteroatoms. The highest BCUT2D eigenvalue weighted by Crippen LogP contribution is 2.40. The van der Waals surface area contributed by atoms with Crippen LogP contribution in [0.25, 0.3) is 0 Å². The van der Waals surface area contributed by atoms with Gasteiger partial charge in [-0.05, 0) is 37.0 Å². The number of nitrogens with zero attached hydrogens (tertiary/aromatic N) is 1. The lowest BCUT2D eigenvalue weighted by molar-refractivity contribution is -0.137. The number of rotatable bonds is 3. The predicted octanol–water partition coefficient (Wildman–Crippen LogP) is 2.87. The summed E-state index contributed by atoms with van der Waals surface area (Å²) in [5, 5.41) is 12.5. The number of hydrogen-bond donors (Lipinski definition) is 2. The van der Waals surface area contributed by atoms with E-state index in [0.717, 1.165) is 25.3 Å². The molecule has 3 atom stereocenters. The topological polar surface area (TPSA) is 52.6 Å². The first-order valence-electron chi connectivity index (χ1n) is 8.73. The van der Waals surface area contributed by atoms with Crippen molar-refractivity contribution in [1.82, 2.24) is 10.2 Å². The number of alkyl halides is 3. The second kappa shape index (κ2) is 7.33. The lowest BCUT2D eigenvalue weighted by atomic mass is 9.97. The van der Waals surface area contributed by atoms with Crippen molar-refractivity contribution in [3.8, 4) is 0 Å². The molecule has 4 nitrogen and oxygen atoms in total. The van der Waals surface area contributed by atoms with E-state index in [2.05, 4.69) is 10.2 Å².